The lowest BCUT2D eigenvalue weighted by Crippen LogP contribution is -2.42. The Morgan fingerprint density at radius 1 is 1.27 bits per heavy atom. The number of fused-ring (bicyclic) bond motifs is 1. The van der Waals surface area contributed by atoms with Crippen molar-refractivity contribution in [3.05, 3.63) is 53.5 Å². The van der Waals surface area contributed by atoms with Crippen LogP contribution >= 0.6 is 0 Å². The van der Waals surface area contributed by atoms with Gasteiger partial charge < -0.3 is 14.0 Å². The Kier molecular flexibility index (Phi) is 4.53. The van der Waals surface area contributed by atoms with Gasteiger partial charge in [-0.05, 0) is 24.6 Å². The minimum Gasteiger partial charge on any atom is -0.374 e. The third-order valence-electron chi connectivity index (χ3n) is 4.49. The van der Waals surface area contributed by atoms with E-state index in [-0.39, 0.29) is 24.1 Å². The van der Waals surface area contributed by atoms with Gasteiger partial charge in [-0.25, -0.2) is 4.68 Å². The Labute approximate surface area is 149 Å². The minimum atomic E-state index is -0.273. The van der Waals surface area contributed by atoms with Gasteiger partial charge in [-0.2, -0.15) is 10.2 Å². The van der Waals surface area contributed by atoms with Gasteiger partial charge in [0.2, 0.25) is 5.91 Å². The summed E-state index contributed by atoms with van der Waals surface area (Å²) in [4.78, 5) is 26.9. The normalized spacial score (nSPS) is 18.2. The predicted molar refractivity (Wildman–Crippen MR) is 92.6 cm³/mol. The molecule has 9 nitrogen and oxygen atoms in total. The van der Waals surface area contributed by atoms with E-state index in [9.17, 15) is 9.59 Å². The van der Waals surface area contributed by atoms with Crippen LogP contribution < -0.4 is 5.56 Å². The first-order chi connectivity index (χ1) is 12.7. The molecule has 0 aromatic carbocycles. The molecule has 3 aromatic heterocycles. The van der Waals surface area contributed by atoms with Crippen LogP contribution in [0, 0.1) is 0 Å². The highest BCUT2D eigenvalue weighted by molar-refractivity contribution is 5.76. The molecule has 136 valence electrons. The zero-order chi connectivity index (χ0) is 17.9. The number of ether oxygens (including phenoxy) is 1. The number of hydrogen-bond acceptors (Lipinski definition) is 5. The lowest BCUT2D eigenvalue weighted by molar-refractivity contribution is -0.133. The number of carbonyl (C=O) groups excluding carboxylic acids is 1. The molecule has 26 heavy (non-hydrogen) atoms. The van der Waals surface area contributed by atoms with Gasteiger partial charge >= 0.3 is 0 Å². The van der Waals surface area contributed by atoms with E-state index >= 15 is 0 Å². The number of amides is 1. The van der Waals surface area contributed by atoms with Crippen LogP contribution in [0.5, 0.6) is 0 Å². The minimum absolute atomic E-state index is 0.0744. The first-order valence-corrected chi connectivity index (χ1v) is 8.60. The molecule has 0 spiro atoms. The molecule has 0 unspecified atom stereocenters. The van der Waals surface area contributed by atoms with Crippen LogP contribution in [-0.2, 0) is 22.6 Å². The monoisotopic (exact) mass is 356 g/mol. The number of aromatic nitrogens is 5. The van der Waals surface area contributed by atoms with Crippen LogP contribution in [0.25, 0.3) is 5.52 Å². The van der Waals surface area contributed by atoms with E-state index in [1.165, 1.54) is 11.0 Å². The Morgan fingerprint density at radius 2 is 2.19 bits per heavy atom. The summed E-state index contributed by atoms with van der Waals surface area (Å²) in [6.45, 7) is 2.20. The quantitative estimate of drug-likeness (QED) is 0.657. The van der Waals surface area contributed by atoms with Crippen LogP contribution in [0.1, 0.15) is 6.42 Å². The first-order valence-electron chi connectivity index (χ1n) is 8.60. The van der Waals surface area contributed by atoms with Crippen molar-refractivity contribution >= 4 is 11.4 Å². The number of rotatable bonds is 4. The summed E-state index contributed by atoms with van der Waals surface area (Å²) in [7, 11) is 0. The molecule has 1 saturated heterocycles. The third-order valence-corrected chi connectivity index (χ3v) is 4.49. The van der Waals surface area contributed by atoms with Crippen LogP contribution in [-0.4, -0.2) is 60.6 Å². The standard InChI is InChI=1S/C17H20N6O3/c24-16(12-23-17(25)15-4-1-6-21(15)13-19-23)20-7-3-9-26-14(10-20)11-22-8-2-5-18-22/h1-2,4-6,8,13-14H,3,7,9-12H2/t14-/m0/s1. The van der Waals surface area contributed by atoms with Gasteiger partial charge in [-0.1, -0.05) is 0 Å². The van der Waals surface area contributed by atoms with Crippen LogP contribution in [0.4, 0.5) is 0 Å². The smallest absolute Gasteiger partial charge is 0.291 e. The molecule has 0 saturated carbocycles. The maximum absolute atomic E-state index is 12.7. The Morgan fingerprint density at radius 3 is 3.04 bits per heavy atom. The molecular weight excluding hydrogens is 336 g/mol. The van der Waals surface area contributed by atoms with E-state index in [1.54, 1.807) is 38.5 Å². The number of nitrogens with zero attached hydrogens (tertiary/aromatic N) is 6. The highest BCUT2D eigenvalue weighted by Crippen LogP contribution is 2.09. The van der Waals surface area contributed by atoms with Crippen molar-refractivity contribution in [3.63, 3.8) is 0 Å². The maximum atomic E-state index is 12.7. The molecule has 4 rings (SSSR count). The topological polar surface area (TPSA) is 86.7 Å². The Balaban J connectivity index is 1.47. The molecule has 0 bridgehead atoms. The lowest BCUT2D eigenvalue weighted by Gasteiger charge is -2.24. The zero-order valence-electron chi connectivity index (χ0n) is 14.3. The average molecular weight is 356 g/mol. The summed E-state index contributed by atoms with van der Waals surface area (Å²) in [5, 5.41) is 8.28. The molecule has 1 aliphatic heterocycles. The average Bonchev–Trinajstić information content (AvgIpc) is 3.26. The highest BCUT2D eigenvalue weighted by atomic mass is 16.5. The van der Waals surface area contributed by atoms with E-state index < -0.39 is 0 Å². The van der Waals surface area contributed by atoms with E-state index in [1.807, 2.05) is 12.3 Å². The van der Waals surface area contributed by atoms with Gasteiger partial charge in [-0.15, -0.1) is 0 Å². The van der Waals surface area contributed by atoms with Crippen molar-refractivity contribution in [2.75, 3.05) is 19.7 Å². The molecule has 1 fully saturated rings. The fourth-order valence-corrected chi connectivity index (χ4v) is 3.17. The molecular formula is C17H20N6O3. The van der Waals surface area contributed by atoms with E-state index in [0.717, 1.165) is 6.42 Å². The molecule has 0 radical (unpaired) electrons. The van der Waals surface area contributed by atoms with Crippen molar-refractivity contribution < 1.29 is 9.53 Å². The first kappa shape index (κ1) is 16.5. The fourth-order valence-electron chi connectivity index (χ4n) is 3.17. The molecule has 0 N–H and O–H groups in total. The lowest BCUT2D eigenvalue weighted by atomic mass is 10.3. The second kappa shape index (κ2) is 7.12. The van der Waals surface area contributed by atoms with Crippen molar-refractivity contribution in [2.24, 2.45) is 0 Å². The SMILES string of the molecule is O=C(Cn1ncn2cccc2c1=O)N1CCCO[C@H](Cn2cccn2)C1. The van der Waals surface area contributed by atoms with Crippen molar-refractivity contribution in [2.45, 2.75) is 25.6 Å². The van der Waals surface area contributed by atoms with Crippen LogP contribution in [0.3, 0.4) is 0 Å². The third kappa shape index (κ3) is 3.38. The molecule has 4 heterocycles. The van der Waals surface area contributed by atoms with Crippen LogP contribution in [0.15, 0.2) is 47.9 Å². The summed E-state index contributed by atoms with van der Waals surface area (Å²) in [5.74, 6) is -0.133. The summed E-state index contributed by atoms with van der Waals surface area (Å²) in [5.41, 5.74) is 0.230. The number of hydrogen-bond donors (Lipinski definition) is 0. The number of carbonyl (C=O) groups is 1. The maximum Gasteiger partial charge on any atom is 0.291 e. The second-order valence-electron chi connectivity index (χ2n) is 6.31. The summed E-state index contributed by atoms with van der Waals surface area (Å²) < 4.78 is 10.5. The van der Waals surface area contributed by atoms with Gasteiger partial charge in [0.1, 0.15) is 18.4 Å². The Bertz CT molecular complexity index is 945. The Hall–Kier alpha value is -2.94. The van der Waals surface area contributed by atoms with Crippen molar-refractivity contribution in [1.29, 1.82) is 0 Å². The van der Waals surface area contributed by atoms with Crippen molar-refractivity contribution in [3.8, 4) is 0 Å². The predicted octanol–water partition coefficient (Wildman–Crippen LogP) is 0.0102. The van der Waals surface area contributed by atoms with Gasteiger partial charge in [0.15, 0.2) is 0 Å². The van der Waals surface area contributed by atoms with E-state index in [2.05, 4.69) is 10.2 Å². The highest BCUT2D eigenvalue weighted by Gasteiger charge is 2.23. The fraction of sp³-hybridized carbons (Fsp3) is 0.412. The van der Waals surface area contributed by atoms with Gasteiger partial charge in [0, 0.05) is 38.3 Å². The molecule has 1 amide bonds. The molecule has 3 aromatic rings. The van der Waals surface area contributed by atoms with Crippen molar-refractivity contribution in [1.82, 2.24) is 28.9 Å². The second-order valence-corrected chi connectivity index (χ2v) is 6.31. The molecule has 1 atom stereocenters. The summed E-state index contributed by atoms with van der Waals surface area (Å²) in [6.07, 6.45) is 7.52. The molecule has 0 aliphatic carbocycles. The molecule has 9 heteroatoms. The molecule has 1 aliphatic rings. The van der Waals surface area contributed by atoms with E-state index in [0.29, 0.717) is 31.8 Å². The zero-order valence-corrected chi connectivity index (χ0v) is 14.3. The summed E-state index contributed by atoms with van der Waals surface area (Å²) in [6, 6.07) is 5.34. The van der Waals surface area contributed by atoms with Gasteiger partial charge in [-0.3, -0.25) is 14.3 Å². The summed E-state index contributed by atoms with van der Waals surface area (Å²) >= 11 is 0. The van der Waals surface area contributed by atoms with E-state index in [4.69, 9.17) is 4.74 Å². The van der Waals surface area contributed by atoms with Gasteiger partial charge in [0.05, 0.1) is 12.6 Å². The van der Waals surface area contributed by atoms with Gasteiger partial charge in [0.25, 0.3) is 5.56 Å². The van der Waals surface area contributed by atoms with Crippen LogP contribution in [0.2, 0.25) is 0 Å². The largest absolute Gasteiger partial charge is 0.374 e.